The van der Waals surface area contributed by atoms with Crippen LogP contribution in [0.15, 0.2) is 182 Å². The summed E-state index contributed by atoms with van der Waals surface area (Å²) >= 11 is 0. The first-order chi connectivity index (χ1) is 37.0. The lowest BCUT2D eigenvalue weighted by Crippen LogP contribution is -2.42. The molecule has 76 heavy (non-hydrogen) atoms. The lowest BCUT2D eigenvalue weighted by atomic mass is 9.99. The number of methoxy groups -OCH3 is 2. The van der Waals surface area contributed by atoms with Crippen molar-refractivity contribution in [2.24, 2.45) is 0 Å². The van der Waals surface area contributed by atoms with E-state index in [1.165, 1.54) is 22.3 Å². The summed E-state index contributed by atoms with van der Waals surface area (Å²) in [5.41, 5.74) is 18.0. The highest BCUT2D eigenvalue weighted by Crippen LogP contribution is 2.40. The maximum Gasteiger partial charge on any atom is 0.500 e. The second-order valence-corrected chi connectivity index (χ2v) is 25.0. The van der Waals surface area contributed by atoms with Gasteiger partial charge in [-0.3, -0.25) is 0 Å². The van der Waals surface area contributed by atoms with E-state index in [2.05, 4.69) is 194 Å². The van der Waals surface area contributed by atoms with Gasteiger partial charge in [0, 0.05) is 88.9 Å². The van der Waals surface area contributed by atoms with Gasteiger partial charge in [-0.1, -0.05) is 84.9 Å². The van der Waals surface area contributed by atoms with Crippen molar-refractivity contribution in [2.75, 3.05) is 66.7 Å². The van der Waals surface area contributed by atoms with Gasteiger partial charge in [-0.25, -0.2) is 0 Å². The van der Waals surface area contributed by atoms with Gasteiger partial charge < -0.3 is 45.8 Å². The zero-order valence-electron chi connectivity index (χ0n) is 45.7. The number of hydrogen-bond donors (Lipinski definition) is 0. The zero-order valence-corrected chi connectivity index (χ0v) is 47.7. The van der Waals surface area contributed by atoms with E-state index in [-0.39, 0.29) is 0 Å². The Labute approximate surface area is 453 Å². The fourth-order valence-electron chi connectivity index (χ4n) is 10.0. The quantitative estimate of drug-likeness (QED) is 0.0516. The molecule has 8 rings (SSSR count). The summed E-state index contributed by atoms with van der Waals surface area (Å²) in [5.74, 6) is 1.70. The number of anilines is 6. The largest absolute Gasteiger partial charge is 0.500 e. The molecule has 0 radical (unpaired) electrons. The van der Waals surface area contributed by atoms with Crippen molar-refractivity contribution in [3.8, 4) is 44.9 Å². The van der Waals surface area contributed by atoms with E-state index in [1.807, 2.05) is 12.1 Å². The van der Waals surface area contributed by atoms with Crippen molar-refractivity contribution in [1.29, 1.82) is 0 Å². The Kier molecular flexibility index (Phi) is 18.8. The molecule has 0 atom stereocenters. The molecular weight excluding hydrogens is 981 g/mol. The summed E-state index contributed by atoms with van der Waals surface area (Å²) in [4.78, 5) is 4.64. The normalized spacial score (nSPS) is 11.7. The molecule has 0 heterocycles. The fourth-order valence-corrected chi connectivity index (χ4v) is 13.5. The van der Waals surface area contributed by atoms with E-state index in [0.29, 0.717) is 0 Å². The molecule has 0 saturated heterocycles. The molecule has 394 valence electrons. The molecular formula is C64H72N2O8Si2. The molecule has 0 unspecified atom stereocenters. The van der Waals surface area contributed by atoms with Crippen LogP contribution in [0.2, 0.25) is 12.1 Å². The van der Waals surface area contributed by atoms with Crippen LogP contribution in [0.4, 0.5) is 34.1 Å². The average molecular weight is 1050 g/mol. The number of hydrogen-bond acceptors (Lipinski definition) is 10. The predicted molar refractivity (Wildman–Crippen MR) is 315 cm³/mol. The van der Waals surface area contributed by atoms with Crippen LogP contribution in [0.3, 0.4) is 0 Å². The molecule has 0 bridgehead atoms. The van der Waals surface area contributed by atoms with Crippen molar-refractivity contribution in [1.82, 2.24) is 0 Å². The summed E-state index contributed by atoms with van der Waals surface area (Å²) in [6.07, 6.45) is 3.56. The van der Waals surface area contributed by atoms with E-state index in [4.69, 9.17) is 36.0 Å². The summed E-state index contributed by atoms with van der Waals surface area (Å²) in [5, 5.41) is 0. The highest BCUT2D eigenvalue weighted by atomic mass is 28.4. The molecule has 0 fully saturated rings. The number of benzene rings is 8. The molecule has 8 aromatic carbocycles. The van der Waals surface area contributed by atoms with Gasteiger partial charge in [0.2, 0.25) is 0 Å². The second kappa shape index (κ2) is 25.8. The molecule has 0 N–H and O–H groups in total. The predicted octanol–water partition coefficient (Wildman–Crippen LogP) is 15.9. The van der Waals surface area contributed by atoms with E-state index >= 15 is 0 Å². The Hall–Kier alpha value is -6.85. The number of nitrogens with zero attached hydrogens (tertiary/aromatic N) is 2. The van der Waals surface area contributed by atoms with Gasteiger partial charge >= 0.3 is 17.6 Å². The SMILES string of the molecule is COc1ccc(-c2ccc(N(c3ccc(CCC[Si](OC)(OC)OC)cc3)c3ccc(-c4ccc(N(c5ccc(CCC[Si](OC)(OC)OC)cc5)c5ccc(-c6ccc(OC)cc6C)cc5)cc4)cc3)cc2)c(C)c1. The van der Waals surface area contributed by atoms with Crippen molar-refractivity contribution < 1.29 is 36.0 Å². The molecule has 12 heteroatoms. The monoisotopic (exact) mass is 1050 g/mol. The third-order valence-electron chi connectivity index (χ3n) is 14.5. The molecule has 0 aromatic heterocycles. The Bertz CT molecular complexity index is 2860. The van der Waals surface area contributed by atoms with Crippen molar-refractivity contribution in [3.63, 3.8) is 0 Å². The van der Waals surface area contributed by atoms with Crippen LogP contribution >= 0.6 is 0 Å². The molecule has 0 aliphatic rings. The van der Waals surface area contributed by atoms with E-state index in [1.54, 1.807) is 56.9 Å². The van der Waals surface area contributed by atoms with E-state index in [9.17, 15) is 0 Å². The summed E-state index contributed by atoms with van der Waals surface area (Å²) in [7, 11) is 8.12. The lowest BCUT2D eigenvalue weighted by Gasteiger charge is -2.27. The Morgan fingerprint density at radius 2 is 0.579 bits per heavy atom. The highest BCUT2D eigenvalue weighted by Gasteiger charge is 2.37. The highest BCUT2D eigenvalue weighted by molar-refractivity contribution is 6.60. The maximum atomic E-state index is 5.68. The molecule has 0 amide bonds. The van der Waals surface area contributed by atoms with Gasteiger partial charge in [0.1, 0.15) is 11.5 Å². The van der Waals surface area contributed by atoms with Crippen LogP contribution < -0.4 is 19.3 Å². The summed E-state index contributed by atoms with van der Waals surface area (Å²) < 4.78 is 45.1. The zero-order chi connectivity index (χ0) is 53.7. The third kappa shape index (κ3) is 12.9. The van der Waals surface area contributed by atoms with Gasteiger partial charge in [-0.05, 0) is 192 Å². The van der Waals surface area contributed by atoms with Gasteiger partial charge in [-0.2, -0.15) is 0 Å². The summed E-state index contributed by atoms with van der Waals surface area (Å²) in [6.45, 7) is 4.25. The molecule has 0 aliphatic heterocycles. The van der Waals surface area contributed by atoms with Gasteiger partial charge in [0.15, 0.2) is 0 Å². The topological polar surface area (TPSA) is 80.3 Å². The standard InChI is InChI=1S/C64H72N2O8Si2/c1-47-45-61(67-3)39-41-63(47)53-23-35-59(36-24-53)65(55-27-15-49(16-28-55)13-11-43-75(69-5,70-6)71-7)57-31-19-51(20-32-57)52-21-33-58(34-22-52)66(56-29-17-50(18-30-56)14-12-44-76(72-8,73-9)74-10)60-37-25-54(26-38-60)64-42-40-62(68-4)46-48(64)2/h15-42,45-46H,11-14,43-44H2,1-10H3. The van der Waals surface area contributed by atoms with E-state index < -0.39 is 17.6 Å². The van der Waals surface area contributed by atoms with Crippen LogP contribution in [-0.4, -0.2) is 74.5 Å². The van der Waals surface area contributed by atoms with Crippen LogP contribution in [0.5, 0.6) is 11.5 Å². The third-order valence-corrected chi connectivity index (χ3v) is 20.1. The first-order valence-electron chi connectivity index (χ1n) is 25.8. The fraction of sp³-hybridized carbons (Fsp3) is 0.250. The molecule has 0 spiro atoms. The van der Waals surface area contributed by atoms with Gasteiger partial charge in [0.05, 0.1) is 14.2 Å². The van der Waals surface area contributed by atoms with Crippen molar-refractivity contribution in [2.45, 2.75) is 51.6 Å². The number of aryl methyl sites for hydroxylation is 4. The Morgan fingerprint density at radius 1 is 0.316 bits per heavy atom. The number of ether oxygens (including phenoxy) is 2. The van der Waals surface area contributed by atoms with Crippen LogP contribution in [0.25, 0.3) is 33.4 Å². The first kappa shape index (κ1) is 55.4. The van der Waals surface area contributed by atoms with Crippen LogP contribution in [0, 0.1) is 13.8 Å². The molecule has 10 nitrogen and oxygen atoms in total. The summed E-state index contributed by atoms with van der Waals surface area (Å²) in [6, 6.07) is 67.0. The average Bonchev–Trinajstić information content (AvgIpc) is 3.47. The minimum Gasteiger partial charge on any atom is -0.497 e. The van der Waals surface area contributed by atoms with Crippen molar-refractivity contribution >= 4 is 51.7 Å². The van der Waals surface area contributed by atoms with Crippen LogP contribution in [0.1, 0.15) is 35.1 Å². The first-order valence-corrected chi connectivity index (χ1v) is 29.7. The Balaban J connectivity index is 1.07. The van der Waals surface area contributed by atoms with E-state index in [0.717, 1.165) is 117 Å². The molecule has 8 aromatic rings. The maximum absolute atomic E-state index is 5.68. The molecule has 0 saturated carbocycles. The minimum absolute atomic E-state index is 0.745. The van der Waals surface area contributed by atoms with Crippen molar-refractivity contribution in [3.05, 3.63) is 204 Å². The molecule has 0 aliphatic carbocycles. The van der Waals surface area contributed by atoms with Gasteiger partial charge in [0.25, 0.3) is 0 Å². The van der Waals surface area contributed by atoms with Gasteiger partial charge in [-0.15, -0.1) is 0 Å². The van der Waals surface area contributed by atoms with Crippen LogP contribution in [-0.2, 0) is 39.4 Å². The second-order valence-electron chi connectivity index (χ2n) is 18.9. The smallest absolute Gasteiger partial charge is 0.497 e. The number of rotatable bonds is 25. The lowest BCUT2D eigenvalue weighted by molar-refractivity contribution is 0.122. The Morgan fingerprint density at radius 3 is 0.829 bits per heavy atom. The minimum atomic E-state index is -2.65.